The molecule has 0 spiro atoms. The highest BCUT2D eigenvalue weighted by Crippen LogP contribution is 2.19. The van der Waals surface area contributed by atoms with Gasteiger partial charge >= 0.3 is 5.97 Å². The summed E-state index contributed by atoms with van der Waals surface area (Å²) in [5.74, 6) is -0.355. The first-order chi connectivity index (χ1) is 9.95. The minimum atomic E-state index is -0.950. The molecule has 3 heteroatoms. The summed E-state index contributed by atoms with van der Waals surface area (Å²) in [6, 6.07) is 13.5. The molecule has 2 aromatic rings. The van der Waals surface area contributed by atoms with Gasteiger partial charge in [0.15, 0.2) is 6.10 Å². The Morgan fingerprint density at radius 3 is 2.29 bits per heavy atom. The number of carboxylic acid groups (broad SMARTS) is 1. The van der Waals surface area contributed by atoms with Crippen LogP contribution in [0.25, 0.3) is 0 Å². The Bertz CT molecular complexity index is 629. The van der Waals surface area contributed by atoms with Gasteiger partial charge in [0.1, 0.15) is 5.75 Å². The molecule has 0 aromatic heterocycles. The third-order valence-electron chi connectivity index (χ3n) is 3.57. The van der Waals surface area contributed by atoms with Crippen molar-refractivity contribution in [1.82, 2.24) is 0 Å². The first kappa shape index (κ1) is 15.1. The van der Waals surface area contributed by atoms with E-state index in [4.69, 9.17) is 4.74 Å². The Balaban J connectivity index is 2.13. The Morgan fingerprint density at radius 1 is 1.05 bits per heavy atom. The second kappa shape index (κ2) is 6.44. The molecule has 3 nitrogen and oxygen atoms in total. The van der Waals surface area contributed by atoms with Crippen LogP contribution in [0.1, 0.15) is 22.3 Å². The fraction of sp³-hybridized carbons (Fsp3) is 0.278. The van der Waals surface area contributed by atoms with E-state index in [1.165, 1.54) is 0 Å². The Labute approximate surface area is 125 Å². The predicted molar refractivity (Wildman–Crippen MR) is 82.9 cm³/mol. The van der Waals surface area contributed by atoms with Crippen molar-refractivity contribution in [2.24, 2.45) is 0 Å². The number of carboxylic acids is 1. The molecule has 0 aliphatic rings. The molecule has 1 unspecified atom stereocenters. The number of benzene rings is 2. The van der Waals surface area contributed by atoms with Crippen LogP contribution in [0.5, 0.6) is 5.75 Å². The lowest BCUT2D eigenvalue weighted by molar-refractivity contribution is -0.145. The number of ether oxygens (including phenoxy) is 1. The lowest BCUT2D eigenvalue weighted by Crippen LogP contribution is -2.29. The second-order valence-corrected chi connectivity index (χ2v) is 5.38. The number of aliphatic carboxylic acids is 1. The van der Waals surface area contributed by atoms with E-state index in [0.29, 0.717) is 12.2 Å². The van der Waals surface area contributed by atoms with Crippen molar-refractivity contribution >= 4 is 5.97 Å². The quantitative estimate of drug-likeness (QED) is 0.911. The summed E-state index contributed by atoms with van der Waals surface area (Å²) in [7, 11) is 0. The number of aryl methyl sites for hydroxylation is 3. The molecule has 0 bridgehead atoms. The molecule has 0 radical (unpaired) electrons. The van der Waals surface area contributed by atoms with E-state index in [-0.39, 0.29) is 0 Å². The molecule has 2 aromatic carbocycles. The number of carbonyl (C=O) groups is 1. The van der Waals surface area contributed by atoms with Crippen LogP contribution in [-0.4, -0.2) is 17.2 Å². The van der Waals surface area contributed by atoms with Gasteiger partial charge in [-0.2, -0.15) is 0 Å². The molecular weight excluding hydrogens is 264 g/mol. The summed E-state index contributed by atoms with van der Waals surface area (Å²) in [5.41, 5.74) is 4.36. The van der Waals surface area contributed by atoms with Gasteiger partial charge in [0.05, 0.1) is 0 Å². The maximum Gasteiger partial charge on any atom is 0.345 e. The van der Waals surface area contributed by atoms with Crippen molar-refractivity contribution in [3.8, 4) is 5.75 Å². The van der Waals surface area contributed by atoms with Crippen LogP contribution >= 0.6 is 0 Å². The van der Waals surface area contributed by atoms with Gasteiger partial charge in [-0.3, -0.25) is 0 Å². The van der Waals surface area contributed by atoms with E-state index in [1.807, 2.05) is 63.2 Å². The highest BCUT2D eigenvalue weighted by atomic mass is 16.5. The van der Waals surface area contributed by atoms with Crippen molar-refractivity contribution < 1.29 is 14.6 Å². The van der Waals surface area contributed by atoms with Crippen molar-refractivity contribution in [2.75, 3.05) is 0 Å². The zero-order valence-electron chi connectivity index (χ0n) is 12.6. The zero-order chi connectivity index (χ0) is 15.4. The minimum Gasteiger partial charge on any atom is -0.478 e. The third-order valence-corrected chi connectivity index (χ3v) is 3.57. The minimum absolute atomic E-state index is 0.350. The van der Waals surface area contributed by atoms with Crippen molar-refractivity contribution in [3.05, 3.63) is 64.7 Å². The summed E-state index contributed by atoms with van der Waals surface area (Å²) in [6.07, 6.45) is -0.530. The van der Waals surface area contributed by atoms with Crippen molar-refractivity contribution in [3.63, 3.8) is 0 Å². The summed E-state index contributed by atoms with van der Waals surface area (Å²) in [6.45, 7) is 6.00. The Kier molecular flexibility index (Phi) is 4.63. The van der Waals surface area contributed by atoms with E-state index in [9.17, 15) is 9.90 Å². The lowest BCUT2D eigenvalue weighted by atomic mass is 10.1. The highest BCUT2D eigenvalue weighted by molar-refractivity contribution is 5.73. The Hall–Kier alpha value is -2.29. The summed E-state index contributed by atoms with van der Waals surface area (Å²) in [4.78, 5) is 11.4. The van der Waals surface area contributed by atoms with Crippen LogP contribution in [0.15, 0.2) is 42.5 Å². The van der Waals surface area contributed by atoms with E-state index in [1.54, 1.807) is 0 Å². The largest absolute Gasteiger partial charge is 0.478 e. The molecule has 0 amide bonds. The maximum absolute atomic E-state index is 11.4. The van der Waals surface area contributed by atoms with Gasteiger partial charge in [0.25, 0.3) is 0 Å². The van der Waals surface area contributed by atoms with E-state index >= 15 is 0 Å². The molecule has 21 heavy (non-hydrogen) atoms. The molecule has 1 atom stereocenters. The SMILES string of the molecule is Cc1ccc(CC(Oc2ccc(C)c(C)c2)C(=O)O)cc1. The molecule has 0 aliphatic carbocycles. The normalized spacial score (nSPS) is 12.0. The molecule has 0 heterocycles. The van der Waals surface area contributed by atoms with Crippen LogP contribution in [0.3, 0.4) is 0 Å². The molecule has 110 valence electrons. The summed E-state index contributed by atoms with van der Waals surface area (Å²) >= 11 is 0. The molecule has 0 fully saturated rings. The average Bonchev–Trinajstić information content (AvgIpc) is 2.44. The second-order valence-electron chi connectivity index (χ2n) is 5.38. The smallest absolute Gasteiger partial charge is 0.345 e. The van der Waals surface area contributed by atoms with Gasteiger partial charge in [-0.1, -0.05) is 35.9 Å². The van der Waals surface area contributed by atoms with Crippen LogP contribution in [0.2, 0.25) is 0 Å². The third kappa shape index (κ3) is 4.09. The molecular formula is C18H20O3. The van der Waals surface area contributed by atoms with E-state index < -0.39 is 12.1 Å². The van der Waals surface area contributed by atoms with Crippen molar-refractivity contribution in [1.29, 1.82) is 0 Å². The number of hydrogen-bond acceptors (Lipinski definition) is 2. The lowest BCUT2D eigenvalue weighted by Gasteiger charge is -2.16. The standard InChI is InChI=1S/C18H20O3/c1-12-4-7-15(8-5-12)11-17(18(19)20)21-16-9-6-13(2)14(3)10-16/h4-10,17H,11H2,1-3H3,(H,19,20). The van der Waals surface area contributed by atoms with Gasteiger partial charge in [-0.25, -0.2) is 4.79 Å². The molecule has 0 saturated heterocycles. The molecule has 0 aliphatic heterocycles. The first-order valence-electron chi connectivity index (χ1n) is 6.98. The summed E-state index contributed by atoms with van der Waals surface area (Å²) in [5, 5.41) is 9.35. The van der Waals surface area contributed by atoms with Crippen LogP contribution in [-0.2, 0) is 11.2 Å². The van der Waals surface area contributed by atoms with Gasteiger partial charge in [-0.15, -0.1) is 0 Å². The number of rotatable bonds is 5. The zero-order valence-corrected chi connectivity index (χ0v) is 12.6. The maximum atomic E-state index is 11.4. The van der Waals surface area contributed by atoms with Crippen molar-refractivity contribution in [2.45, 2.75) is 33.3 Å². The van der Waals surface area contributed by atoms with Gasteiger partial charge in [0.2, 0.25) is 0 Å². The fourth-order valence-corrected chi connectivity index (χ4v) is 2.07. The van der Waals surface area contributed by atoms with E-state index in [2.05, 4.69) is 0 Å². The van der Waals surface area contributed by atoms with E-state index in [0.717, 1.165) is 22.3 Å². The first-order valence-corrected chi connectivity index (χ1v) is 6.98. The van der Waals surface area contributed by atoms with Gasteiger partial charge in [-0.05, 0) is 49.6 Å². The Morgan fingerprint density at radius 2 is 1.71 bits per heavy atom. The molecule has 1 N–H and O–H groups in total. The fourth-order valence-electron chi connectivity index (χ4n) is 2.07. The van der Waals surface area contributed by atoms with Crippen LogP contribution in [0.4, 0.5) is 0 Å². The molecule has 2 rings (SSSR count). The summed E-state index contributed by atoms with van der Waals surface area (Å²) < 4.78 is 5.65. The molecule has 0 saturated carbocycles. The van der Waals surface area contributed by atoms with Gasteiger partial charge < -0.3 is 9.84 Å². The number of hydrogen-bond donors (Lipinski definition) is 1. The van der Waals surface area contributed by atoms with Crippen LogP contribution in [0, 0.1) is 20.8 Å². The monoisotopic (exact) mass is 284 g/mol. The highest BCUT2D eigenvalue weighted by Gasteiger charge is 2.20. The average molecular weight is 284 g/mol. The van der Waals surface area contributed by atoms with Gasteiger partial charge in [0, 0.05) is 6.42 Å². The van der Waals surface area contributed by atoms with Crippen LogP contribution < -0.4 is 4.74 Å². The predicted octanol–water partition coefficient (Wildman–Crippen LogP) is 3.69. The topological polar surface area (TPSA) is 46.5 Å².